The number of rotatable bonds is 5. The Morgan fingerprint density at radius 3 is 2.38 bits per heavy atom. The summed E-state index contributed by atoms with van der Waals surface area (Å²) >= 11 is 0. The van der Waals surface area contributed by atoms with Crippen LogP contribution in [0.2, 0.25) is 0 Å². The van der Waals surface area contributed by atoms with Crippen molar-refractivity contribution in [1.29, 1.82) is 0 Å². The van der Waals surface area contributed by atoms with Gasteiger partial charge in [0.15, 0.2) is 0 Å². The molecule has 0 atom stereocenters. The molecule has 0 aliphatic carbocycles. The molecular formula is C25H26F3N3O3. The standard InChI is InChI=1S/C25H26F3N3O3/c1-3-34-24(33)22-21(23(32)30-13-11-29(2)12-14-30)19-9-4-5-10-20(19)31(22)16-17-7-6-8-18(15-17)25(26,27)28/h4-10,15H,3,11-14,16H2,1-2H3. The van der Waals surface area contributed by atoms with Crippen LogP contribution in [0.15, 0.2) is 48.5 Å². The van der Waals surface area contributed by atoms with Gasteiger partial charge in [0.2, 0.25) is 0 Å². The van der Waals surface area contributed by atoms with E-state index in [0.717, 1.165) is 12.1 Å². The van der Waals surface area contributed by atoms with E-state index in [0.29, 0.717) is 42.6 Å². The number of likely N-dealkylation sites (N-methyl/N-ethyl adjacent to an activating group) is 1. The van der Waals surface area contributed by atoms with Crippen molar-refractivity contribution in [2.45, 2.75) is 19.6 Å². The van der Waals surface area contributed by atoms with Crippen LogP contribution in [-0.4, -0.2) is 66.1 Å². The van der Waals surface area contributed by atoms with Crippen LogP contribution in [0, 0.1) is 0 Å². The Bertz CT molecular complexity index is 1210. The Morgan fingerprint density at radius 1 is 1.00 bits per heavy atom. The van der Waals surface area contributed by atoms with Gasteiger partial charge in [0.1, 0.15) is 5.69 Å². The van der Waals surface area contributed by atoms with Crippen molar-refractivity contribution in [3.63, 3.8) is 0 Å². The number of carbonyl (C=O) groups is 2. The van der Waals surface area contributed by atoms with Crippen LogP contribution in [0.25, 0.3) is 10.9 Å². The summed E-state index contributed by atoms with van der Waals surface area (Å²) in [4.78, 5) is 30.6. The molecule has 1 saturated heterocycles. The van der Waals surface area contributed by atoms with Crippen molar-refractivity contribution in [2.75, 3.05) is 39.8 Å². The molecule has 0 N–H and O–H groups in total. The summed E-state index contributed by atoms with van der Waals surface area (Å²) in [6.45, 7) is 4.21. The number of ether oxygens (including phenoxy) is 1. The first kappa shape index (κ1) is 23.8. The van der Waals surface area contributed by atoms with Gasteiger partial charge < -0.3 is 19.1 Å². The SMILES string of the molecule is CCOC(=O)c1c(C(=O)N2CCN(C)CC2)c2ccccc2n1Cc1cccc(C(F)(F)F)c1. The topological polar surface area (TPSA) is 54.8 Å². The lowest BCUT2D eigenvalue weighted by molar-refractivity contribution is -0.137. The van der Waals surface area contributed by atoms with Gasteiger partial charge in [-0.15, -0.1) is 0 Å². The first-order chi connectivity index (χ1) is 16.2. The number of fused-ring (bicyclic) bond motifs is 1. The summed E-state index contributed by atoms with van der Waals surface area (Å²) < 4.78 is 46.7. The lowest BCUT2D eigenvalue weighted by Crippen LogP contribution is -2.47. The third-order valence-electron chi connectivity index (χ3n) is 6.04. The molecule has 1 aromatic heterocycles. The Labute approximate surface area is 195 Å². The molecule has 180 valence electrons. The summed E-state index contributed by atoms with van der Waals surface area (Å²) in [5.74, 6) is -0.960. The number of nitrogens with zero attached hydrogens (tertiary/aromatic N) is 3. The van der Waals surface area contributed by atoms with E-state index in [-0.39, 0.29) is 30.3 Å². The van der Waals surface area contributed by atoms with Crippen molar-refractivity contribution in [3.05, 3.63) is 70.9 Å². The lowest BCUT2D eigenvalue weighted by Gasteiger charge is -2.32. The number of para-hydroxylation sites is 1. The van der Waals surface area contributed by atoms with Gasteiger partial charge in [-0.3, -0.25) is 4.79 Å². The molecule has 1 amide bonds. The van der Waals surface area contributed by atoms with Crippen molar-refractivity contribution in [1.82, 2.24) is 14.4 Å². The maximum Gasteiger partial charge on any atom is 0.416 e. The lowest BCUT2D eigenvalue weighted by atomic mass is 10.1. The molecule has 1 fully saturated rings. The van der Waals surface area contributed by atoms with Crippen LogP contribution in [0.3, 0.4) is 0 Å². The summed E-state index contributed by atoms with van der Waals surface area (Å²) in [5, 5.41) is 0.571. The fourth-order valence-electron chi connectivity index (χ4n) is 4.29. The van der Waals surface area contributed by atoms with Gasteiger partial charge in [0.25, 0.3) is 5.91 Å². The first-order valence-electron chi connectivity index (χ1n) is 11.1. The monoisotopic (exact) mass is 473 g/mol. The molecule has 0 radical (unpaired) electrons. The predicted octanol–water partition coefficient (Wildman–Crippen LogP) is 4.27. The van der Waals surface area contributed by atoms with Crippen LogP contribution in [0.1, 0.15) is 38.9 Å². The molecular weight excluding hydrogens is 447 g/mol. The Kier molecular flexibility index (Phi) is 6.65. The van der Waals surface area contributed by atoms with Crippen LogP contribution in [0.5, 0.6) is 0 Å². The zero-order chi connectivity index (χ0) is 24.5. The Balaban J connectivity index is 1.86. The number of esters is 1. The number of hydrogen-bond donors (Lipinski definition) is 0. The number of benzene rings is 2. The fraction of sp³-hybridized carbons (Fsp3) is 0.360. The molecule has 9 heteroatoms. The smallest absolute Gasteiger partial charge is 0.416 e. The second kappa shape index (κ2) is 9.50. The molecule has 6 nitrogen and oxygen atoms in total. The van der Waals surface area contributed by atoms with E-state index in [4.69, 9.17) is 4.74 Å². The maximum atomic E-state index is 13.6. The van der Waals surface area contributed by atoms with Crippen molar-refractivity contribution >= 4 is 22.8 Å². The van der Waals surface area contributed by atoms with E-state index in [2.05, 4.69) is 4.90 Å². The predicted molar refractivity (Wildman–Crippen MR) is 122 cm³/mol. The van der Waals surface area contributed by atoms with Gasteiger partial charge in [-0.2, -0.15) is 13.2 Å². The number of hydrogen-bond acceptors (Lipinski definition) is 4. The zero-order valence-electron chi connectivity index (χ0n) is 19.1. The Morgan fingerprint density at radius 2 is 1.71 bits per heavy atom. The summed E-state index contributed by atoms with van der Waals surface area (Å²) in [6, 6.07) is 12.0. The third-order valence-corrected chi connectivity index (χ3v) is 6.04. The van der Waals surface area contributed by atoms with E-state index in [9.17, 15) is 22.8 Å². The molecule has 2 heterocycles. The van der Waals surface area contributed by atoms with E-state index in [1.54, 1.807) is 46.7 Å². The van der Waals surface area contributed by atoms with Gasteiger partial charge in [-0.25, -0.2) is 4.79 Å². The number of amides is 1. The molecule has 1 aliphatic heterocycles. The number of halogens is 3. The second-order valence-corrected chi connectivity index (χ2v) is 8.34. The molecule has 2 aromatic carbocycles. The minimum absolute atomic E-state index is 0.0192. The largest absolute Gasteiger partial charge is 0.461 e. The molecule has 3 aromatic rings. The van der Waals surface area contributed by atoms with Gasteiger partial charge in [-0.1, -0.05) is 30.3 Å². The van der Waals surface area contributed by atoms with Gasteiger partial charge >= 0.3 is 12.1 Å². The average molecular weight is 473 g/mol. The normalized spacial score (nSPS) is 15.0. The molecule has 1 aliphatic rings. The molecule has 34 heavy (non-hydrogen) atoms. The molecule has 4 rings (SSSR count). The summed E-state index contributed by atoms with van der Waals surface area (Å²) in [5.41, 5.74) is 0.461. The molecule has 0 unspecified atom stereocenters. The Hall–Kier alpha value is -3.33. The van der Waals surface area contributed by atoms with E-state index in [1.165, 1.54) is 6.07 Å². The van der Waals surface area contributed by atoms with Crippen molar-refractivity contribution in [2.24, 2.45) is 0 Å². The maximum absolute atomic E-state index is 13.6. The van der Waals surface area contributed by atoms with E-state index in [1.807, 2.05) is 7.05 Å². The van der Waals surface area contributed by atoms with Gasteiger partial charge in [0, 0.05) is 43.6 Å². The van der Waals surface area contributed by atoms with Crippen LogP contribution in [0.4, 0.5) is 13.2 Å². The van der Waals surface area contributed by atoms with Gasteiger partial charge in [-0.05, 0) is 37.7 Å². The molecule has 0 spiro atoms. The molecule has 0 saturated carbocycles. The highest BCUT2D eigenvalue weighted by atomic mass is 19.4. The summed E-state index contributed by atoms with van der Waals surface area (Å²) in [6.07, 6.45) is -4.48. The number of carbonyl (C=O) groups excluding carboxylic acids is 2. The number of alkyl halides is 3. The van der Waals surface area contributed by atoms with Crippen molar-refractivity contribution < 1.29 is 27.5 Å². The van der Waals surface area contributed by atoms with Crippen LogP contribution >= 0.6 is 0 Å². The average Bonchev–Trinajstić information content (AvgIpc) is 3.13. The van der Waals surface area contributed by atoms with Gasteiger partial charge in [0.05, 0.1) is 17.7 Å². The highest BCUT2D eigenvalue weighted by Gasteiger charge is 2.33. The van der Waals surface area contributed by atoms with Crippen molar-refractivity contribution in [3.8, 4) is 0 Å². The zero-order valence-corrected chi connectivity index (χ0v) is 19.1. The minimum atomic E-state index is -4.48. The minimum Gasteiger partial charge on any atom is -0.461 e. The first-order valence-corrected chi connectivity index (χ1v) is 11.1. The van der Waals surface area contributed by atoms with E-state index < -0.39 is 17.7 Å². The molecule has 0 bridgehead atoms. The van der Waals surface area contributed by atoms with Crippen LogP contribution < -0.4 is 0 Å². The van der Waals surface area contributed by atoms with Crippen LogP contribution in [-0.2, 0) is 17.5 Å². The number of aromatic nitrogens is 1. The second-order valence-electron chi connectivity index (χ2n) is 8.34. The summed E-state index contributed by atoms with van der Waals surface area (Å²) in [7, 11) is 1.98. The number of piperazine rings is 1. The highest BCUT2D eigenvalue weighted by Crippen LogP contribution is 2.32. The fourth-order valence-corrected chi connectivity index (χ4v) is 4.29. The van der Waals surface area contributed by atoms with E-state index >= 15 is 0 Å². The third kappa shape index (κ3) is 4.65. The quantitative estimate of drug-likeness (QED) is 0.520. The highest BCUT2D eigenvalue weighted by molar-refractivity contribution is 6.15.